The van der Waals surface area contributed by atoms with Crippen molar-refractivity contribution in [1.82, 2.24) is 20.9 Å². The average Bonchev–Trinajstić information content (AvgIpc) is 2.66. The Bertz CT molecular complexity index is 571. The Kier molecular flexibility index (Phi) is 11.3. The Morgan fingerprint density at radius 1 is 1.15 bits per heavy atom. The molecule has 0 radical (unpaired) electrons. The maximum atomic E-state index is 11.5. The minimum absolute atomic E-state index is 0. The zero-order valence-corrected chi connectivity index (χ0v) is 19.0. The number of amides is 1. The molecule has 7 heteroatoms. The van der Waals surface area contributed by atoms with Crippen LogP contribution in [0.2, 0.25) is 0 Å². The first-order valence-electron chi connectivity index (χ1n) is 9.59. The number of nitrogens with zero attached hydrogens (tertiary/aromatic N) is 2. The Morgan fingerprint density at radius 3 is 2.37 bits per heavy atom. The number of guanidine groups is 1. The summed E-state index contributed by atoms with van der Waals surface area (Å²) in [4.78, 5) is 18.3. The SMILES string of the molecule is CN=C(NCCNC(=O)C(C)C)NC1CCN(Cc2ccccc2)CC1.I. The fraction of sp³-hybridized carbons (Fsp3) is 0.600. The van der Waals surface area contributed by atoms with E-state index in [0.29, 0.717) is 19.1 Å². The summed E-state index contributed by atoms with van der Waals surface area (Å²) in [5.41, 5.74) is 1.37. The van der Waals surface area contributed by atoms with Gasteiger partial charge in [-0.1, -0.05) is 44.2 Å². The van der Waals surface area contributed by atoms with Crippen LogP contribution in [0.4, 0.5) is 0 Å². The smallest absolute Gasteiger partial charge is 0.222 e. The van der Waals surface area contributed by atoms with Crippen LogP contribution in [0, 0.1) is 5.92 Å². The summed E-state index contributed by atoms with van der Waals surface area (Å²) < 4.78 is 0. The van der Waals surface area contributed by atoms with Gasteiger partial charge in [-0.05, 0) is 18.4 Å². The molecule has 1 heterocycles. The average molecular weight is 487 g/mol. The molecule has 0 unspecified atom stereocenters. The predicted molar refractivity (Wildman–Crippen MR) is 123 cm³/mol. The van der Waals surface area contributed by atoms with E-state index in [2.05, 4.69) is 56.2 Å². The van der Waals surface area contributed by atoms with Crippen molar-refractivity contribution in [1.29, 1.82) is 0 Å². The zero-order chi connectivity index (χ0) is 18.8. The Balaban J connectivity index is 0.00000364. The van der Waals surface area contributed by atoms with E-state index in [4.69, 9.17) is 0 Å². The lowest BCUT2D eigenvalue weighted by Crippen LogP contribution is -2.49. The van der Waals surface area contributed by atoms with Gasteiger partial charge in [-0.3, -0.25) is 14.7 Å². The second kappa shape index (κ2) is 12.9. The highest BCUT2D eigenvalue weighted by Gasteiger charge is 2.19. The third kappa shape index (κ3) is 8.92. The van der Waals surface area contributed by atoms with Crippen molar-refractivity contribution >= 4 is 35.8 Å². The summed E-state index contributed by atoms with van der Waals surface area (Å²) in [5, 5.41) is 9.68. The van der Waals surface area contributed by atoms with Gasteiger partial charge in [0, 0.05) is 51.7 Å². The molecule has 1 aromatic carbocycles. The van der Waals surface area contributed by atoms with E-state index in [1.54, 1.807) is 7.05 Å². The first kappa shape index (κ1) is 23.7. The monoisotopic (exact) mass is 487 g/mol. The summed E-state index contributed by atoms with van der Waals surface area (Å²) in [6, 6.07) is 11.1. The number of piperidine rings is 1. The lowest BCUT2D eigenvalue weighted by atomic mass is 10.0. The molecule has 0 spiro atoms. The highest BCUT2D eigenvalue weighted by molar-refractivity contribution is 14.0. The van der Waals surface area contributed by atoms with Gasteiger partial charge in [0.05, 0.1) is 0 Å². The predicted octanol–water partition coefficient (Wildman–Crippen LogP) is 2.21. The van der Waals surface area contributed by atoms with Crippen LogP contribution in [0.25, 0.3) is 0 Å². The third-order valence-electron chi connectivity index (χ3n) is 4.64. The molecule has 0 bridgehead atoms. The first-order valence-corrected chi connectivity index (χ1v) is 9.59. The number of hydrogen-bond acceptors (Lipinski definition) is 3. The van der Waals surface area contributed by atoms with Gasteiger partial charge in [0.15, 0.2) is 5.96 Å². The first-order chi connectivity index (χ1) is 12.6. The third-order valence-corrected chi connectivity index (χ3v) is 4.64. The number of halogens is 1. The van der Waals surface area contributed by atoms with Crippen LogP contribution in [0.5, 0.6) is 0 Å². The van der Waals surface area contributed by atoms with E-state index in [9.17, 15) is 4.79 Å². The van der Waals surface area contributed by atoms with Crippen LogP contribution < -0.4 is 16.0 Å². The van der Waals surface area contributed by atoms with E-state index in [1.165, 1.54) is 5.56 Å². The summed E-state index contributed by atoms with van der Waals surface area (Å²) in [7, 11) is 1.78. The quantitative estimate of drug-likeness (QED) is 0.239. The summed E-state index contributed by atoms with van der Waals surface area (Å²) in [6.45, 7) is 8.27. The van der Waals surface area contributed by atoms with Gasteiger partial charge in [0.1, 0.15) is 0 Å². The molecule has 1 fully saturated rings. The van der Waals surface area contributed by atoms with E-state index in [0.717, 1.165) is 38.4 Å². The largest absolute Gasteiger partial charge is 0.355 e. The van der Waals surface area contributed by atoms with Crippen molar-refractivity contribution in [3.8, 4) is 0 Å². The molecule has 1 aliphatic heterocycles. The van der Waals surface area contributed by atoms with E-state index >= 15 is 0 Å². The summed E-state index contributed by atoms with van der Waals surface area (Å²) in [6.07, 6.45) is 2.22. The lowest BCUT2D eigenvalue weighted by molar-refractivity contribution is -0.123. The number of hydrogen-bond donors (Lipinski definition) is 3. The molecule has 152 valence electrons. The number of rotatable bonds is 7. The molecule has 27 heavy (non-hydrogen) atoms. The highest BCUT2D eigenvalue weighted by atomic mass is 127. The van der Waals surface area contributed by atoms with Crippen LogP contribution in [-0.2, 0) is 11.3 Å². The molecule has 1 aromatic rings. The lowest BCUT2D eigenvalue weighted by Gasteiger charge is -2.33. The standard InChI is InChI=1S/C20H33N5O.HI/c1-16(2)19(26)22-11-12-23-20(21-3)24-18-9-13-25(14-10-18)15-17-7-5-4-6-8-17;/h4-8,16,18H,9-15H2,1-3H3,(H,22,26)(H2,21,23,24);1H. The van der Waals surface area contributed by atoms with Crippen molar-refractivity contribution in [2.45, 2.75) is 39.3 Å². The summed E-state index contributed by atoms with van der Waals surface area (Å²) >= 11 is 0. The number of carbonyl (C=O) groups excluding carboxylic acids is 1. The minimum Gasteiger partial charge on any atom is -0.355 e. The van der Waals surface area contributed by atoms with Gasteiger partial charge in [0.2, 0.25) is 5.91 Å². The highest BCUT2D eigenvalue weighted by Crippen LogP contribution is 2.13. The molecule has 1 amide bonds. The summed E-state index contributed by atoms with van der Waals surface area (Å²) in [5.74, 6) is 0.916. The molecule has 6 nitrogen and oxygen atoms in total. The zero-order valence-electron chi connectivity index (χ0n) is 16.7. The maximum absolute atomic E-state index is 11.5. The second-order valence-corrected chi connectivity index (χ2v) is 7.13. The molecule has 3 N–H and O–H groups in total. The number of aliphatic imine (C=N–C) groups is 1. The van der Waals surface area contributed by atoms with Crippen molar-refractivity contribution in [3.63, 3.8) is 0 Å². The van der Waals surface area contributed by atoms with Crippen LogP contribution in [0.3, 0.4) is 0 Å². The Morgan fingerprint density at radius 2 is 1.78 bits per heavy atom. The van der Waals surface area contributed by atoms with Crippen molar-refractivity contribution < 1.29 is 4.79 Å². The normalized spacial score (nSPS) is 15.9. The number of nitrogens with one attached hydrogen (secondary N) is 3. The van der Waals surface area contributed by atoms with E-state index < -0.39 is 0 Å². The fourth-order valence-electron chi connectivity index (χ4n) is 3.04. The van der Waals surface area contributed by atoms with Gasteiger partial charge in [-0.15, -0.1) is 24.0 Å². The minimum atomic E-state index is 0. The van der Waals surface area contributed by atoms with Gasteiger partial charge >= 0.3 is 0 Å². The second-order valence-electron chi connectivity index (χ2n) is 7.13. The van der Waals surface area contributed by atoms with Crippen LogP contribution in [0.1, 0.15) is 32.3 Å². The van der Waals surface area contributed by atoms with Crippen molar-refractivity contribution in [2.75, 3.05) is 33.2 Å². The number of likely N-dealkylation sites (tertiary alicyclic amines) is 1. The van der Waals surface area contributed by atoms with E-state index in [-0.39, 0.29) is 35.8 Å². The topological polar surface area (TPSA) is 68.8 Å². The van der Waals surface area contributed by atoms with Crippen molar-refractivity contribution in [3.05, 3.63) is 35.9 Å². The van der Waals surface area contributed by atoms with Gasteiger partial charge in [-0.2, -0.15) is 0 Å². The fourth-order valence-corrected chi connectivity index (χ4v) is 3.04. The molecule has 0 atom stereocenters. The Labute approximate surface area is 180 Å². The molecular formula is C20H34IN5O. The molecule has 1 aliphatic rings. The molecular weight excluding hydrogens is 453 g/mol. The number of carbonyl (C=O) groups is 1. The van der Waals surface area contributed by atoms with Gasteiger partial charge in [0.25, 0.3) is 0 Å². The van der Waals surface area contributed by atoms with Crippen LogP contribution >= 0.6 is 24.0 Å². The molecule has 0 aliphatic carbocycles. The molecule has 0 saturated carbocycles. The molecule has 2 rings (SSSR count). The van der Waals surface area contributed by atoms with Crippen molar-refractivity contribution in [2.24, 2.45) is 10.9 Å². The number of benzene rings is 1. The maximum Gasteiger partial charge on any atom is 0.222 e. The molecule has 0 aromatic heterocycles. The van der Waals surface area contributed by atoms with Crippen LogP contribution in [-0.4, -0.2) is 56.0 Å². The van der Waals surface area contributed by atoms with Crippen LogP contribution in [0.15, 0.2) is 35.3 Å². The van der Waals surface area contributed by atoms with Gasteiger partial charge < -0.3 is 16.0 Å². The Hall–Kier alpha value is -1.35. The van der Waals surface area contributed by atoms with Gasteiger partial charge in [-0.25, -0.2) is 0 Å². The molecule has 1 saturated heterocycles. The van der Waals surface area contributed by atoms with E-state index in [1.807, 2.05) is 13.8 Å².